The molecular weight excluding hydrogens is 1630 g/mol. The third-order valence-corrected chi connectivity index (χ3v) is 24.3. The highest BCUT2D eigenvalue weighted by atomic mass is 19.4. The first-order chi connectivity index (χ1) is 57.8. The number of ether oxygens (including phenoxy) is 2. The zero-order chi connectivity index (χ0) is 87.7. The second-order valence-corrected chi connectivity index (χ2v) is 33.2. The Labute approximate surface area is 690 Å². The summed E-state index contributed by atoms with van der Waals surface area (Å²) in [5.41, 5.74) is 4.83. The second-order valence-electron chi connectivity index (χ2n) is 33.2. The van der Waals surface area contributed by atoms with Crippen LogP contribution in [0.25, 0.3) is 33.8 Å². The molecule has 0 radical (unpaired) electrons. The van der Waals surface area contributed by atoms with Crippen molar-refractivity contribution in [2.75, 3.05) is 143 Å². The molecule has 2 atom stereocenters. The number of alkyl halides is 10. The first-order valence-electron chi connectivity index (χ1n) is 39.9. The number of likely N-dealkylation sites (tertiary alicyclic amines) is 6. The Kier molecular flexibility index (Phi) is 26.1. The summed E-state index contributed by atoms with van der Waals surface area (Å²) in [4.78, 5) is 97.0. The van der Waals surface area contributed by atoms with Crippen molar-refractivity contribution in [1.82, 2.24) is 59.0 Å². The number of rotatable bonds is 20. The lowest BCUT2D eigenvalue weighted by Crippen LogP contribution is -2.74. The maximum absolute atomic E-state index is 15.0. The van der Waals surface area contributed by atoms with E-state index in [1.807, 2.05) is 45.6 Å². The summed E-state index contributed by atoms with van der Waals surface area (Å²) in [5.74, 6) is -10.7. The highest BCUT2D eigenvalue weighted by molar-refractivity contribution is 5.98. The van der Waals surface area contributed by atoms with E-state index in [-0.39, 0.29) is 68.8 Å². The molecule has 16 rings (SSSR count). The molecule has 656 valence electrons. The fourth-order valence-corrected chi connectivity index (χ4v) is 18.0. The second kappa shape index (κ2) is 35.8. The molecule has 4 N–H and O–H groups in total. The number of imidazole rings is 2. The van der Waals surface area contributed by atoms with Crippen molar-refractivity contribution >= 4 is 69.9 Å². The highest BCUT2D eigenvalue weighted by Crippen LogP contribution is 2.45. The van der Waals surface area contributed by atoms with E-state index >= 15 is 0 Å². The SMILES string of the molecule is CCc1cc(Nc2nccn3c(-c4ccc(OC(F)F)c(F)c4F)cnc23)ccc1C(=O)N1CC2(C1)CN(C(=O)C1CC[N+](C)(CC3CCNC3)CC1)C2.CCc1cc(Nc2nccn3c(-c4ccc(OC(F)F)c(F)c4F)cnc23)ccc1C(=O)N1CC2(C1)CN(C(=O)C1CC[N+](C)(CC3CCNC3)CC1)C2.O=C([O-])C(F)(F)F.O=C([O-])C(F)(F)F. The molecule has 4 amide bonds. The highest BCUT2D eigenvalue weighted by Gasteiger charge is 2.57. The Balaban J connectivity index is 0.000000182. The van der Waals surface area contributed by atoms with Crippen LogP contribution < -0.4 is 41.0 Å². The lowest BCUT2D eigenvalue weighted by Gasteiger charge is -2.60. The van der Waals surface area contributed by atoms with Crippen molar-refractivity contribution in [1.29, 1.82) is 0 Å². The van der Waals surface area contributed by atoms with E-state index in [0.717, 1.165) is 134 Å². The first kappa shape index (κ1) is 88.8. The van der Waals surface area contributed by atoms with Gasteiger partial charge in [-0.3, -0.25) is 28.0 Å². The smallest absolute Gasteiger partial charge is 0.430 e. The van der Waals surface area contributed by atoms with E-state index in [9.17, 15) is 80.6 Å². The minimum atomic E-state index is -5.19. The number of nitrogens with one attached hydrogen (secondary N) is 4. The topological polar surface area (TPSA) is 288 Å². The predicted octanol–water partition coefficient (Wildman–Crippen LogP) is 9.26. The molecule has 8 fully saturated rings. The summed E-state index contributed by atoms with van der Waals surface area (Å²) < 4.78 is 186. The fourth-order valence-electron chi connectivity index (χ4n) is 18.0. The summed E-state index contributed by atoms with van der Waals surface area (Å²) in [7, 11) is 4.69. The number of fused-ring (bicyclic) bond motifs is 2. The third-order valence-electron chi connectivity index (χ3n) is 24.3. The number of aliphatic carboxylic acids is 2. The van der Waals surface area contributed by atoms with Gasteiger partial charge >= 0.3 is 25.6 Å². The molecule has 40 heteroatoms. The number of aromatic nitrogens is 6. The molecule has 26 nitrogen and oxygen atoms in total. The molecule has 12 heterocycles. The molecule has 2 spiro atoms. The normalized spacial score (nSPS) is 22.1. The van der Waals surface area contributed by atoms with Crippen LogP contribution in [-0.2, 0) is 32.0 Å². The molecule has 0 aliphatic carbocycles. The number of quaternary nitrogens is 2. The van der Waals surface area contributed by atoms with Crippen LogP contribution in [0.2, 0.25) is 0 Å². The number of nitrogens with zero attached hydrogens (tertiary/aromatic N) is 12. The van der Waals surface area contributed by atoms with Gasteiger partial charge in [0.15, 0.2) is 46.1 Å². The number of piperidine rings is 2. The number of carboxylic acid groups (broad SMARTS) is 2. The van der Waals surface area contributed by atoms with Gasteiger partial charge < -0.3 is 79.1 Å². The van der Waals surface area contributed by atoms with Gasteiger partial charge in [0.1, 0.15) is 11.9 Å². The van der Waals surface area contributed by atoms with Crippen LogP contribution in [-0.4, -0.2) is 250 Å². The van der Waals surface area contributed by atoms with Crippen LogP contribution in [0, 0.1) is 57.8 Å². The number of carbonyl (C=O) groups excluding carboxylic acids is 6. The van der Waals surface area contributed by atoms with E-state index in [4.69, 9.17) is 19.8 Å². The number of aryl methyl sites for hydroxylation is 2. The standard InChI is InChI=1S/2C39H44F4N8O3.2C2HF3O2/c2*1-3-25-16-27(47-34-35-46-18-30(50(35)13-12-45-34)29-6-7-31(54-38(42)43)33(41)32(29)40)4-5-28(25)37(53)49-22-39(23-49)20-48(21-39)36(52)26-9-14-51(2,15-10-26)19-24-8-11-44-17-24;2*3-2(4,5)1(6)7/h2*4-7,12-13,16,18,24,26,38,44H,3,8-11,14-15,17,19-23H2,1-2H3;2*(H,6,7). The van der Waals surface area contributed by atoms with Crippen molar-refractivity contribution in [2.45, 2.75) is 90.8 Å². The summed E-state index contributed by atoms with van der Waals surface area (Å²) in [5, 5.41) is 31.0. The number of anilines is 4. The van der Waals surface area contributed by atoms with Gasteiger partial charge in [0.05, 0.1) is 77.1 Å². The van der Waals surface area contributed by atoms with Gasteiger partial charge in [-0.15, -0.1) is 0 Å². The molecule has 2 unspecified atom stereocenters. The van der Waals surface area contributed by atoms with Gasteiger partial charge in [-0.25, -0.2) is 28.7 Å². The van der Waals surface area contributed by atoms with Gasteiger partial charge in [-0.1, -0.05) is 13.8 Å². The van der Waals surface area contributed by atoms with Crippen molar-refractivity contribution < 1.29 is 119 Å². The van der Waals surface area contributed by atoms with Crippen LogP contribution in [0.1, 0.15) is 84.2 Å². The molecule has 0 bridgehead atoms. The number of benzene rings is 4. The summed E-state index contributed by atoms with van der Waals surface area (Å²) in [6.45, 7) is 13.8. The van der Waals surface area contributed by atoms with Crippen LogP contribution in [0.3, 0.4) is 0 Å². The van der Waals surface area contributed by atoms with Gasteiger partial charge in [0.25, 0.3) is 11.8 Å². The molecule has 0 saturated carbocycles. The largest absolute Gasteiger partial charge is 0.542 e. The Hall–Kier alpha value is -11.0. The number of halogens is 14. The predicted molar refractivity (Wildman–Crippen MR) is 409 cm³/mol. The van der Waals surface area contributed by atoms with Crippen molar-refractivity contribution in [2.24, 2.45) is 34.5 Å². The van der Waals surface area contributed by atoms with E-state index in [1.54, 1.807) is 24.3 Å². The maximum Gasteiger partial charge on any atom is 0.430 e. The van der Waals surface area contributed by atoms with Crippen molar-refractivity contribution in [3.8, 4) is 34.0 Å². The summed E-state index contributed by atoms with van der Waals surface area (Å²) >= 11 is 0. The maximum atomic E-state index is 15.0. The lowest BCUT2D eigenvalue weighted by molar-refractivity contribution is -0.917. The first-order valence-corrected chi connectivity index (χ1v) is 39.9. The molecule has 8 aliphatic heterocycles. The minimum absolute atomic E-state index is 0.0162. The van der Waals surface area contributed by atoms with E-state index < -0.39 is 72.3 Å². The van der Waals surface area contributed by atoms with Gasteiger partial charge in [-0.05, 0) is 111 Å². The molecule has 4 aromatic heterocycles. The average molecular weight is 1730 g/mol. The van der Waals surface area contributed by atoms with Crippen LogP contribution in [0.4, 0.5) is 84.5 Å². The van der Waals surface area contributed by atoms with Crippen molar-refractivity contribution in [3.05, 3.63) is 143 Å². The van der Waals surface area contributed by atoms with Crippen molar-refractivity contribution in [3.63, 3.8) is 0 Å². The Morgan fingerprint density at radius 1 is 0.508 bits per heavy atom. The molecule has 122 heavy (non-hydrogen) atoms. The fraction of sp³-hybridized carbons (Fsp3) is 0.488. The van der Waals surface area contributed by atoms with Crippen LogP contribution in [0.5, 0.6) is 11.5 Å². The molecule has 8 aromatic rings. The Morgan fingerprint density at radius 2 is 0.852 bits per heavy atom. The lowest BCUT2D eigenvalue weighted by atomic mass is 9.71. The summed E-state index contributed by atoms with van der Waals surface area (Å²) in [6.07, 6.45) is 5.78. The quantitative estimate of drug-likeness (QED) is 0.0408. The third kappa shape index (κ3) is 19.6. The van der Waals surface area contributed by atoms with Crippen LogP contribution in [0.15, 0.2) is 97.8 Å². The zero-order valence-electron chi connectivity index (χ0n) is 66.8. The van der Waals surface area contributed by atoms with Gasteiger partial charge in [0, 0.05) is 184 Å². The molecule has 4 aromatic carbocycles. The molecule has 8 saturated heterocycles. The van der Waals surface area contributed by atoms with E-state index in [0.29, 0.717) is 111 Å². The number of hydrogen-bond donors (Lipinski definition) is 4. The zero-order valence-corrected chi connectivity index (χ0v) is 66.8. The number of amides is 4. The number of carbonyl (C=O) groups is 6. The number of hydrogen-bond acceptors (Lipinski definition) is 18. The van der Waals surface area contributed by atoms with E-state index in [2.05, 4.69) is 64.8 Å². The monoisotopic (exact) mass is 1720 g/mol. The van der Waals surface area contributed by atoms with Gasteiger partial charge in [0.2, 0.25) is 23.4 Å². The molecular formula is C82H90F14N16O10. The van der Waals surface area contributed by atoms with Crippen LogP contribution >= 0.6 is 0 Å². The Bertz CT molecular complexity index is 4870. The summed E-state index contributed by atoms with van der Waals surface area (Å²) in [6, 6.07) is 15.1. The Morgan fingerprint density at radius 3 is 1.16 bits per heavy atom. The number of carboxylic acids is 2. The van der Waals surface area contributed by atoms with E-state index in [1.165, 1.54) is 71.9 Å². The minimum Gasteiger partial charge on any atom is -0.542 e. The molecule has 8 aliphatic rings. The van der Waals surface area contributed by atoms with Gasteiger partial charge in [-0.2, -0.15) is 52.7 Å². The average Bonchev–Trinajstić information content (AvgIpc) is 1.26.